The first kappa shape index (κ1) is 15.9. The number of β-amino-alcohol motifs (C(OH)–C–C–N with tert-alkyl or cyclic N) is 1. The maximum Gasteiger partial charge on any atom is 0.123 e. The number of morpholine rings is 1. The summed E-state index contributed by atoms with van der Waals surface area (Å²) in [4.78, 5) is 4.59. The molecule has 0 amide bonds. The van der Waals surface area contributed by atoms with Crippen molar-refractivity contribution >= 4 is 0 Å². The number of rotatable bonds is 7. The lowest BCUT2D eigenvalue weighted by Gasteiger charge is -2.31. The largest absolute Gasteiger partial charge is 0.390 e. The van der Waals surface area contributed by atoms with Gasteiger partial charge in [-0.25, -0.2) is 4.39 Å². The fourth-order valence-electron chi connectivity index (χ4n) is 3.02. The second-order valence-corrected chi connectivity index (χ2v) is 6.35. The third kappa shape index (κ3) is 4.74. The molecular formula is C17H25FN2O2. The van der Waals surface area contributed by atoms with Gasteiger partial charge < -0.3 is 9.84 Å². The van der Waals surface area contributed by atoms with Crippen molar-refractivity contribution in [3.05, 3.63) is 35.6 Å². The molecule has 2 aliphatic rings. The Hall–Kier alpha value is -1.01. The Morgan fingerprint density at radius 1 is 1.23 bits per heavy atom. The molecule has 5 heteroatoms. The minimum absolute atomic E-state index is 0.200. The molecule has 0 radical (unpaired) electrons. The summed E-state index contributed by atoms with van der Waals surface area (Å²) >= 11 is 0. The number of benzene rings is 1. The second kappa shape index (κ2) is 7.51. The molecule has 2 fully saturated rings. The molecule has 0 unspecified atom stereocenters. The highest BCUT2D eigenvalue weighted by molar-refractivity contribution is 5.16. The first-order chi connectivity index (χ1) is 10.7. The summed E-state index contributed by atoms with van der Waals surface area (Å²) in [5.41, 5.74) is 1.10. The normalized spacial score (nSPS) is 21.2. The van der Waals surface area contributed by atoms with E-state index in [2.05, 4.69) is 9.80 Å². The Morgan fingerprint density at radius 2 is 1.91 bits per heavy atom. The number of ether oxygens (including phenoxy) is 1. The van der Waals surface area contributed by atoms with E-state index in [9.17, 15) is 9.50 Å². The molecule has 1 aromatic rings. The zero-order chi connectivity index (χ0) is 15.4. The van der Waals surface area contributed by atoms with Crippen LogP contribution in [0.1, 0.15) is 18.4 Å². The predicted molar refractivity (Wildman–Crippen MR) is 83.1 cm³/mol. The predicted octanol–water partition coefficient (Wildman–Crippen LogP) is 1.48. The van der Waals surface area contributed by atoms with Crippen LogP contribution in [-0.2, 0) is 11.3 Å². The van der Waals surface area contributed by atoms with E-state index in [-0.39, 0.29) is 11.9 Å². The van der Waals surface area contributed by atoms with Crippen molar-refractivity contribution in [3.8, 4) is 0 Å². The summed E-state index contributed by atoms with van der Waals surface area (Å²) in [6.45, 7) is 5.49. The van der Waals surface area contributed by atoms with Crippen LogP contribution >= 0.6 is 0 Å². The van der Waals surface area contributed by atoms with Gasteiger partial charge in [-0.2, -0.15) is 0 Å². The maximum absolute atomic E-state index is 13.0. The van der Waals surface area contributed by atoms with E-state index in [1.807, 2.05) is 12.1 Å². The van der Waals surface area contributed by atoms with Crippen molar-refractivity contribution in [1.29, 1.82) is 0 Å². The van der Waals surface area contributed by atoms with Crippen LogP contribution in [0.2, 0.25) is 0 Å². The number of nitrogens with zero attached hydrogens (tertiary/aromatic N) is 2. The molecule has 22 heavy (non-hydrogen) atoms. The Bertz CT molecular complexity index is 458. The molecule has 1 aliphatic heterocycles. The molecule has 4 nitrogen and oxygen atoms in total. The highest BCUT2D eigenvalue weighted by Gasteiger charge is 2.30. The first-order valence-corrected chi connectivity index (χ1v) is 8.17. The summed E-state index contributed by atoms with van der Waals surface area (Å²) in [7, 11) is 0. The molecule has 3 rings (SSSR count). The molecular weight excluding hydrogens is 283 g/mol. The highest BCUT2D eigenvalue weighted by Crippen LogP contribution is 2.28. The summed E-state index contributed by atoms with van der Waals surface area (Å²) in [6, 6.07) is 7.25. The molecule has 0 aromatic heterocycles. The summed E-state index contributed by atoms with van der Waals surface area (Å²) in [5, 5.41) is 10.4. The van der Waals surface area contributed by atoms with E-state index in [1.165, 1.54) is 25.0 Å². The number of aliphatic hydroxyl groups is 1. The van der Waals surface area contributed by atoms with Crippen molar-refractivity contribution in [2.45, 2.75) is 31.5 Å². The number of halogens is 1. The molecule has 1 saturated carbocycles. The molecule has 122 valence electrons. The Kier molecular flexibility index (Phi) is 5.41. The first-order valence-electron chi connectivity index (χ1n) is 8.17. The van der Waals surface area contributed by atoms with E-state index >= 15 is 0 Å². The standard InChI is InChI=1S/C17H25FN2O2/c18-15-3-1-14(2-4-15)11-20(16-5-6-16)13-17(21)12-19-7-9-22-10-8-19/h1-4,16-17,21H,5-13H2/t17-/m0/s1. The average molecular weight is 308 g/mol. The SMILES string of the molecule is O[C@@H](CN1CCOCC1)CN(Cc1ccc(F)cc1)C1CC1. The van der Waals surface area contributed by atoms with E-state index < -0.39 is 0 Å². The van der Waals surface area contributed by atoms with Crippen LogP contribution in [0.5, 0.6) is 0 Å². The summed E-state index contributed by atoms with van der Waals surface area (Å²) < 4.78 is 18.3. The van der Waals surface area contributed by atoms with Crippen molar-refractivity contribution < 1.29 is 14.2 Å². The monoisotopic (exact) mass is 308 g/mol. The van der Waals surface area contributed by atoms with Gasteiger partial charge in [0.25, 0.3) is 0 Å². The molecule has 1 N–H and O–H groups in total. The van der Waals surface area contributed by atoms with Crippen LogP contribution in [-0.4, -0.2) is 66.4 Å². The molecule has 1 saturated heterocycles. The van der Waals surface area contributed by atoms with Gasteiger partial charge in [-0.3, -0.25) is 9.80 Å². The van der Waals surface area contributed by atoms with Gasteiger partial charge in [0.1, 0.15) is 5.82 Å². The average Bonchev–Trinajstić information content (AvgIpc) is 3.34. The van der Waals surface area contributed by atoms with Gasteiger partial charge in [0.05, 0.1) is 19.3 Å². The van der Waals surface area contributed by atoms with Crippen LogP contribution < -0.4 is 0 Å². The third-order valence-corrected chi connectivity index (χ3v) is 4.38. The van der Waals surface area contributed by atoms with Crippen LogP contribution in [0.4, 0.5) is 4.39 Å². The van der Waals surface area contributed by atoms with E-state index in [1.54, 1.807) is 0 Å². The third-order valence-electron chi connectivity index (χ3n) is 4.38. The van der Waals surface area contributed by atoms with Gasteiger partial charge in [-0.15, -0.1) is 0 Å². The fourth-order valence-corrected chi connectivity index (χ4v) is 3.02. The van der Waals surface area contributed by atoms with Crippen molar-refractivity contribution in [2.75, 3.05) is 39.4 Å². The van der Waals surface area contributed by atoms with Gasteiger partial charge in [0, 0.05) is 38.8 Å². The van der Waals surface area contributed by atoms with Gasteiger partial charge in [0.2, 0.25) is 0 Å². The second-order valence-electron chi connectivity index (χ2n) is 6.35. The Balaban J connectivity index is 1.51. The lowest BCUT2D eigenvalue weighted by Crippen LogP contribution is -2.45. The molecule has 1 aromatic carbocycles. The Morgan fingerprint density at radius 3 is 2.55 bits per heavy atom. The van der Waals surface area contributed by atoms with Gasteiger partial charge in [0.15, 0.2) is 0 Å². The van der Waals surface area contributed by atoms with E-state index in [4.69, 9.17) is 4.74 Å². The van der Waals surface area contributed by atoms with Crippen molar-refractivity contribution in [2.24, 2.45) is 0 Å². The lowest BCUT2D eigenvalue weighted by atomic mass is 10.2. The maximum atomic E-state index is 13.0. The van der Waals surface area contributed by atoms with Crippen LogP contribution in [0.15, 0.2) is 24.3 Å². The van der Waals surface area contributed by atoms with Crippen molar-refractivity contribution in [3.63, 3.8) is 0 Å². The summed E-state index contributed by atoms with van der Waals surface area (Å²) in [6.07, 6.45) is 2.05. The minimum Gasteiger partial charge on any atom is -0.390 e. The summed E-state index contributed by atoms with van der Waals surface area (Å²) in [5.74, 6) is -0.200. The van der Waals surface area contributed by atoms with Crippen molar-refractivity contribution in [1.82, 2.24) is 9.80 Å². The van der Waals surface area contributed by atoms with Crippen LogP contribution in [0.25, 0.3) is 0 Å². The molecule has 0 spiro atoms. The van der Waals surface area contributed by atoms with Crippen LogP contribution in [0.3, 0.4) is 0 Å². The zero-order valence-electron chi connectivity index (χ0n) is 13.0. The topological polar surface area (TPSA) is 35.9 Å². The van der Waals surface area contributed by atoms with Gasteiger partial charge in [-0.1, -0.05) is 12.1 Å². The molecule has 0 bridgehead atoms. The number of aliphatic hydroxyl groups excluding tert-OH is 1. The lowest BCUT2D eigenvalue weighted by molar-refractivity contribution is 0.00551. The van der Waals surface area contributed by atoms with E-state index in [0.717, 1.165) is 38.4 Å². The Labute approximate surface area is 131 Å². The quantitative estimate of drug-likeness (QED) is 0.828. The molecule has 1 heterocycles. The van der Waals surface area contributed by atoms with Crippen LogP contribution in [0, 0.1) is 5.82 Å². The van der Waals surface area contributed by atoms with Gasteiger partial charge in [-0.05, 0) is 30.5 Å². The molecule has 1 atom stereocenters. The number of hydrogen-bond donors (Lipinski definition) is 1. The zero-order valence-corrected chi connectivity index (χ0v) is 13.0. The van der Waals surface area contributed by atoms with E-state index in [0.29, 0.717) is 19.1 Å². The molecule has 1 aliphatic carbocycles. The smallest absolute Gasteiger partial charge is 0.123 e. The number of hydrogen-bond acceptors (Lipinski definition) is 4. The fraction of sp³-hybridized carbons (Fsp3) is 0.647. The minimum atomic E-state index is -0.348. The van der Waals surface area contributed by atoms with Gasteiger partial charge >= 0.3 is 0 Å². The highest BCUT2D eigenvalue weighted by atomic mass is 19.1.